The van der Waals surface area contributed by atoms with Gasteiger partial charge in [-0.25, -0.2) is 0 Å². The van der Waals surface area contributed by atoms with Crippen molar-refractivity contribution in [2.45, 2.75) is 13.0 Å². The lowest BCUT2D eigenvalue weighted by atomic mass is 10.4. The highest BCUT2D eigenvalue weighted by Crippen LogP contribution is 2.17. The summed E-state index contributed by atoms with van der Waals surface area (Å²) >= 11 is 3.84. The molecule has 0 saturated carbocycles. The number of carbonyl (C=O) groups is 1. The van der Waals surface area contributed by atoms with E-state index < -0.39 is 0 Å². The summed E-state index contributed by atoms with van der Waals surface area (Å²) in [6, 6.07) is 0. The third-order valence-corrected chi connectivity index (χ3v) is 4.92. The summed E-state index contributed by atoms with van der Waals surface area (Å²) in [6.07, 6.45) is 2.18. The van der Waals surface area contributed by atoms with Gasteiger partial charge in [0.1, 0.15) is 12.3 Å². The normalized spacial score (nSPS) is 17.1. The molecule has 0 aliphatic carbocycles. The molecule has 1 fully saturated rings. The number of nitrogens with zero attached hydrogens (tertiary/aromatic N) is 4. The molecule has 0 bridgehead atoms. The molecule has 6 nitrogen and oxygen atoms in total. The Balaban J connectivity index is 1.63. The van der Waals surface area contributed by atoms with Crippen LogP contribution in [0.5, 0.6) is 0 Å². The quantitative estimate of drug-likeness (QED) is 0.750. The van der Waals surface area contributed by atoms with Gasteiger partial charge in [0.05, 0.1) is 12.6 Å². The third-order valence-electron chi connectivity index (χ3n) is 2.58. The molecule has 106 valence electrons. The molecule has 8 heteroatoms. The van der Waals surface area contributed by atoms with Gasteiger partial charge in [-0.1, -0.05) is 5.21 Å². The smallest absolute Gasteiger partial charge is 0.307 e. The Morgan fingerprint density at radius 3 is 2.79 bits per heavy atom. The van der Waals surface area contributed by atoms with Gasteiger partial charge in [-0.3, -0.25) is 14.4 Å². The second-order valence-corrected chi connectivity index (χ2v) is 6.41. The van der Waals surface area contributed by atoms with E-state index in [0.717, 1.165) is 18.3 Å². The van der Waals surface area contributed by atoms with Gasteiger partial charge in [0.2, 0.25) is 0 Å². The van der Waals surface area contributed by atoms with Gasteiger partial charge in [0, 0.05) is 36.9 Å². The Labute approximate surface area is 121 Å². The Morgan fingerprint density at radius 2 is 2.16 bits per heavy atom. The van der Waals surface area contributed by atoms with Crippen molar-refractivity contribution in [1.82, 2.24) is 19.9 Å². The Bertz CT molecular complexity index is 405. The second kappa shape index (κ2) is 7.76. The first kappa shape index (κ1) is 14.7. The lowest BCUT2D eigenvalue weighted by molar-refractivity contribution is -0.145. The van der Waals surface area contributed by atoms with Crippen molar-refractivity contribution >= 4 is 29.5 Å². The number of thioether (sulfide) groups is 2. The van der Waals surface area contributed by atoms with Crippen LogP contribution in [0.3, 0.4) is 0 Å². The highest BCUT2D eigenvalue weighted by molar-refractivity contribution is 8.03. The standard InChI is InChI=1S/C11H18N4O2S2/c1-14-6-10(12-13-14)7-17-11(16)2-3-15-8-18-4-5-19-9-15/h6H,2-5,7-9H2,1H3. The first-order valence-electron chi connectivity index (χ1n) is 6.13. The first-order chi connectivity index (χ1) is 9.24. The van der Waals surface area contributed by atoms with Gasteiger partial charge in [-0.15, -0.1) is 28.6 Å². The summed E-state index contributed by atoms with van der Waals surface area (Å²) in [7, 11) is 1.78. The molecule has 1 aromatic rings. The van der Waals surface area contributed by atoms with E-state index in [1.165, 1.54) is 11.5 Å². The van der Waals surface area contributed by atoms with Crippen molar-refractivity contribution in [3.05, 3.63) is 11.9 Å². The summed E-state index contributed by atoms with van der Waals surface area (Å²) in [5.41, 5.74) is 0.678. The zero-order valence-corrected chi connectivity index (χ0v) is 12.6. The molecule has 19 heavy (non-hydrogen) atoms. The van der Waals surface area contributed by atoms with Gasteiger partial charge < -0.3 is 4.74 Å². The monoisotopic (exact) mass is 302 g/mol. The van der Waals surface area contributed by atoms with Crippen molar-refractivity contribution in [3.8, 4) is 0 Å². The van der Waals surface area contributed by atoms with Crippen LogP contribution >= 0.6 is 23.5 Å². The van der Waals surface area contributed by atoms with Crippen molar-refractivity contribution in [2.75, 3.05) is 29.8 Å². The van der Waals surface area contributed by atoms with E-state index in [-0.39, 0.29) is 12.6 Å². The highest BCUT2D eigenvalue weighted by Gasteiger charge is 2.12. The Hall–Kier alpha value is -0.730. The number of aryl methyl sites for hydroxylation is 1. The molecule has 1 saturated heterocycles. The van der Waals surface area contributed by atoms with E-state index >= 15 is 0 Å². The molecule has 0 atom stereocenters. The van der Waals surface area contributed by atoms with Gasteiger partial charge in [-0.05, 0) is 0 Å². The van der Waals surface area contributed by atoms with Crippen LogP contribution in [0.25, 0.3) is 0 Å². The van der Waals surface area contributed by atoms with E-state index in [4.69, 9.17) is 4.74 Å². The summed E-state index contributed by atoms with van der Waals surface area (Å²) in [5, 5.41) is 7.65. The van der Waals surface area contributed by atoms with E-state index in [1.54, 1.807) is 17.9 Å². The predicted molar refractivity (Wildman–Crippen MR) is 76.8 cm³/mol. The maximum atomic E-state index is 11.6. The summed E-state index contributed by atoms with van der Waals surface area (Å²) in [4.78, 5) is 13.9. The van der Waals surface area contributed by atoms with E-state index in [9.17, 15) is 4.79 Å². The minimum Gasteiger partial charge on any atom is -0.459 e. The summed E-state index contributed by atoms with van der Waals surface area (Å²) in [5.74, 6) is 4.22. The lowest BCUT2D eigenvalue weighted by Crippen LogP contribution is -2.25. The molecular weight excluding hydrogens is 284 g/mol. The van der Waals surface area contributed by atoms with Crippen LogP contribution in [-0.2, 0) is 23.2 Å². The molecule has 0 aromatic carbocycles. The highest BCUT2D eigenvalue weighted by atomic mass is 32.2. The van der Waals surface area contributed by atoms with Crippen molar-refractivity contribution in [3.63, 3.8) is 0 Å². The molecule has 0 radical (unpaired) electrons. The topological polar surface area (TPSA) is 60.2 Å². The Kier molecular flexibility index (Phi) is 5.99. The van der Waals surface area contributed by atoms with Crippen molar-refractivity contribution in [2.24, 2.45) is 7.05 Å². The van der Waals surface area contributed by atoms with E-state index in [1.807, 2.05) is 23.5 Å². The number of ether oxygens (including phenoxy) is 1. The second-order valence-electron chi connectivity index (χ2n) is 4.26. The first-order valence-corrected chi connectivity index (χ1v) is 8.43. The molecule has 1 aromatic heterocycles. The van der Waals surface area contributed by atoms with Crippen LogP contribution in [0.15, 0.2) is 6.20 Å². The van der Waals surface area contributed by atoms with Crippen LogP contribution in [0.1, 0.15) is 12.1 Å². The average molecular weight is 302 g/mol. The van der Waals surface area contributed by atoms with Crippen LogP contribution in [0, 0.1) is 0 Å². The number of esters is 1. The number of carbonyl (C=O) groups excluding carboxylic acids is 1. The molecule has 1 aliphatic rings. The summed E-state index contributed by atoms with van der Waals surface area (Å²) < 4.78 is 6.76. The van der Waals surface area contributed by atoms with Crippen LogP contribution in [0.4, 0.5) is 0 Å². The van der Waals surface area contributed by atoms with Gasteiger partial charge >= 0.3 is 5.97 Å². The largest absolute Gasteiger partial charge is 0.459 e. The van der Waals surface area contributed by atoms with Crippen molar-refractivity contribution < 1.29 is 9.53 Å². The van der Waals surface area contributed by atoms with Gasteiger partial charge in [0.15, 0.2) is 0 Å². The molecule has 0 spiro atoms. The minimum atomic E-state index is -0.176. The molecule has 0 amide bonds. The molecule has 0 N–H and O–H groups in total. The van der Waals surface area contributed by atoms with E-state index in [2.05, 4.69) is 15.2 Å². The molecule has 0 unspecified atom stereocenters. The van der Waals surface area contributed by atoms with Crippen LogP contribution in [-0.4, -0.2) is 55.7 Å². The average Bonchev–Trinajstić information content (AvgIpc) is 2.66. The van der Waals surface area contributed by atoms with Crippen molar-refractivity contribution in [1.29, 1.82) is 0 Å². The molecule has 1 aliphatic heterocycles. The number of aromatic nitrogens is 3. The maximum absolute atomic E-state index is 11.6. The zero-order chi connectivity index (χ0) is 13.5. The van der Waals surface area contributed by atoms with Crippen LogP contribution < -0.4 is 0 Å². The SMILES string of the molecule is Cn1cc(COC(=O)CCN2CSCCSC2)nn1. The van der Waals surface area contributed by atoms with E-state index in [0.29, 0.717) is 12.1 Å². The fourth-order valence-corrected chi connectivity index (χ4v) is 3.88. The fraction of sp³-hybridized carbons (Fsp3) is 0.727. The van der Waals surface area contributed by atoms with Gasteiger partial charge in [0.25, 0.3) is 0 Å². The Morgan fingerprint density at radius 1 is 1.42 bits per heavy atom. The third kappa shape index (κ3) is 5.42. The molecule has 2 rings (SSSR count). The van der Waals surface area contributed by atoms with Gasteiger partial charge in [-0.2, -0.15) is 0 Å². The number of hydrogen-bond donors (Lipinski definition) is 0. The minimum absolute atomic E-state index is 0.176. The molecule has 2 heterocycles. The fourth-order valence-electron chi connectivity index (χ4n) is 1.61. The lowest BCUT2D eigenvalue weighted by Gasteiger charge is -2.17. The number of rotatable bonds is 5. The maximum Gasteiger partial charge on any atom is 0.307 e. The summed E-state index contributed by atoms with van der Waals surface area (Å²) in [6.45, 7) is 0.968. The zero-order valence-electron chi connectivity index (χ0n) is 10.9. The predicted octanol–water partition coefficient (Wildman–Crippen LogP) is 0.945. The van der Waals surface area contributed by atoms with Crippen LogP contribution in [0.2, 0.25) is 0 Å². The number of hydrogen-bond acceptors (Lipinski definition) is 7. The molecular formula is C11H18N4O2S2.